The molecule has 1 fully saturated rings. The molecule has 0 bridgehead atoms. The Labute approximate surface area is 156 Å². The molecule has 1 aliphatic heterocycles. The molecule has 0 atom stereocenters. The number of aromatic nitrogens is 2. The molecule has 1 saturated heterocycles. The van der Waals surface area contributed by atoms with Crippen molar-refractivity contribution in [2.24, 2.45) is 0 Å². The summed E-state index contributed by atoms with van der Waals surface area (Å²) in [4.78, 5) is 32.1. The molecule has 0 radical (unpaired) electrons. The van der Waals surface area contributed by atoms with Gasteiger partial charge in [0.25, 0.3) is 0 Å². The van der Waals surface area contributed by atoms with E-state index in [0.717, 1.165) is 38.3 Å². The van der Waals surface area contributed by atoms with Crippen LogP contribution in [0.1, 0.15) is 51.9 Å². The summed E-state index contributed by atoms with van der Waals surface area (Å²) in [6.07, 6.45) is 6.98. The van der Waals surface area contributed by atoms with E-state index in [4.69, 9.17) is 0 Å². The molecule has 1 N–H and O–H groups in total. The fraction of sp³-hybridized carbons (Fsp3) is 0.737. The largest absolute Gasteiger partial charge is 0.355 e. The lowest BCUT2D eigenvalue weighted by Gasteiger charge is -2.37. The Morgan fingerprint density at radius 3 is 2.65 bits per heavy atom. The van der Waals surface area contributed by atoms with Gasteiger partial charge in [-0.2, -0.15) is 0 Å². The molecular formula is C19H33N5O2. The second-order valence-corrected chi connectivity index (χ2v) is 7.42. The third kappa shape index (κ3) is 5.83. The van der Waals surface area contributed by atoms with Gasteiger partial charge in [-0.3, -0.25) is 9.59 Å². The Morgan fingerprint density at radius 1 is 1.35 bits per heavy atom. The second kappa shape index (κ2) is 9.71. The normalized spacial score (nSPS) is 15.7. The average molecular weight is 364 g/mol. The van der Waals surface area contributed by atoms with Gasteiger partial charge in [-0.15, -0.1) is 0 Å². The number of nitrogens with one attached hydrogen (secondary N) is 1. The minimum atomic E-state index is 0.0110. The van der Waals surface area contributed by atoms with Crippen molar-refractivity contribution in [3.8, 4) is 0 Å². The number of rotatable bonds is 8. The van der Waals surface area contributed by atoms with Gasteiger partial charge >= 0.3 is 0 Å². The van der Waals surface area contributed by atoms with E-state index in [1.54, 1.807) is 0 Å². The van der Waals surface area contributed by atoms with Crippen LogP contribution in [0.5, 0.6) is 0 Å². The van der Waals surface area contributed by atoms with Crippen molar-refractivity contribution in [3.05, 3.63) is 18.2 Å². The highest BCUT2D eigenvalue weighted by atomic mass is 16.2. The molecule has 0 aromatic carbocycles. The van der Waals surface area contributed by atoms with Crippen LogP contribution < -0.4 is 5.32 Å². The minimum Gasteiger partial charge on any atom is -0.355 e. The van der Waals surface area contributed by atoms with Crippen LogP contribution in [0.15, 0.2) is 12.4 Å². The topological polar surface area (TPSA) is 70.5 Å². The number of carbonyl (C=O) groups excluding carboxylic acids is 2. The summed E-state index contributed by atoms with van der Waals surface area (Å²) >= 11 is 0. The van der Waals surface area contributed by atoms with Crippen LogP contribution in [0.4, 0.5) is 0 Å². The van der Waals surface area contributed by atoms with Gasteiger partial charge in [0.2, 0.25) is 11.8 Å². The highest BCUT2D eigenvalue weighted by molar-refractivity contribution is 5.76. The zero-order valence-corrected chi connectivity index (χ0v) is 16.6. The first-order chi connectivity index (χ1) is 12.4. The first kappa shape index (κ1) is 20.4. The maximum Gasteiger partial charge on any atom is 0.223 e. The Morgan fingerprint density at radius 2 is 2.04 bits per heavy atom. The van der Waals surface area contributed by atoms with Gasteiger partial charge in [-0.05, 0) is 33.7 Å². The summed E-state index contributed by atoms with van der Waals surface area (Å²) in [6.45, 7) is 8.93. The molecule has 2 rings (SSSR count). The van der Waals surface area contributed by atoms with Crippen LogP contribution in [-0.4, -0.2) is 70.4 Å². The smallest absolute Gasteiger partial charge is 0.223 e. The molecule has 7 heteroatoms. The Balaban J connectivity index is 1.72. The van der Waals surface area contributed by atoms with Gasteiger partial charge in [0.1, 0.15) is 5.82 Å². The number of likely N-dealkylation sites (N-methyl/N-ethyl adjacent to an activating group) is 1. The highest BCUT2D eigenvalue weighted by Gasteiger charge is 2.25. The van der Waals surface area contributed by atoms with Gasteiger partial charge in [0, 0.05) is 70.4 Å². The number of imidazole rings is 1. The van der Waals surface area contributed by atoms with Crippen LogP contribution in [0.2, 0.25) is 0 Å². The van der Waals surface area contributed by atoms with Crippen molar-refractivity contribution in [1.82, 2.24) is 24.7 Å². The van der Waals surface area contributed by atoms with Crippen molar-refractivity contribution in [2.75, 3.05) is 33.2 Å². The zero-order valence-electron chi connectivity index (χ0n) is 16.6. The second-order valence-electron chi connectivity index (χ2n) is 7.42. The summed E-state index contributed by atoms with van der Waals surface area (Å²) in [7, 11) is 2.09. The van der Waals surface area contributed by atoms with Crippen LogP contribution >= 0.6 is 0 Å². The van der Waals surface area contributed by atoms with Crippen molar-refractivity contribution in [1.29, 1.82) is 0 Å². The molecule has 1 aromatic heterocycles. The lowest BCUT2D eigenvalue weighted by molar-refractivity contribution is -0.132. The SMILES string of the molecule is CC(=O)NCCN(C)C1CCN(C(=O)CCc2nccn2C(C)C)CC1. The van der Waals surface area contributed by atoms with E-state index in [9.17, 15) is 9.59 Å². The van der Waals surface area contributed by atoms with E-state index in [0.29, 0.717) is 31.5 Å². The molecule has 2 heterocycles. The van der Waals surface area contributed by atoms with Crippen molar-refractivity contribution < 1.29 is 9.59 Å². The van der Waals surface area contributed by atoms with E-state index < -0.39 is 0 Å². The monoisotopic (exact) mass is 363 g/mol. The molecule has 0 spiro atoms. The Kier molecular flexibility index (Phi) is 7.63. The number of hydrogen-bond acceptors (Lipinski definition) is 4. The van der Waals surface area contributed by atoms with Crippen LogP contribution in [-0.2, 0) is 16.0 Å². The van der Waals surface area contributed by atoms with E-state index in [-0.39, 0.29) is 11.8 Å². The molecule has 26 heavy (non-hydrogen) atoms. The van der Waals surface area contributed by atoms with Gasteiger partial charge in [0.15, 0.2) is 0 Å². The maximum atomic E-state index is 12.5. The van der Waals surface area contributed by atoms with Crippen LogP contribution in [0, 0.1) is 0 Å². The summed E-state index contributed by atoms with van der Waals surface area (Å²) in [5.74, 6) is 1.22. The fourth-order valence-electron chi connectivity index (χ4n) is 3.53. The van der Waals surface area contributed by atoms with E-state index in [1.807, 2.05) is 17.3 Å². The maximum absolute atomic E-state index is 12.5. The summed E-state index contributed by atoms with van der Waals surface area (Å²) in [6, 6.07) is 0.846. The highest BCUT2D eigenvalue weighted by Crippen LogP contribution is 2.17. The number of piperidine rings is 1. The van der Waals surface area contributed by atoms with E-state index in [2.05, 4.69) is 40.7 Å². The van der Waals surface area contributed by atoms with Crippen LogP contribution in [0.3, 0.4) is 0 Å². The average Bonchev–Trinajstić information content (AvgIpc) is 3.08. The Hall–Kier alpha value is -1.89. The summed E-state index contributed by atoms with van der Waals surface area (Å²) < 4.78 is 2.13. The standard InChI is InChI=1S/C19H33N5O2/c1-15(2)24-14-10-21-18(24)5-6-19(26)23-11-7-17(8-12-23)22(4)13-9-20-16(3)25/h10,14-15,17H,5-9,11-13H2,1-4H3,(H,20,25). The predicted molar refractivity (Wildman–Crippen MR) is 102 cm³/mol. The molecule has 0 saturated carbocycles. The zero-order chi connectivity index (χ0) is 19.1. The number of likely N-dealkylation sites (tertiary alicyclic amines) is 1. The van der Waals surface area contributed by atoms with Crippen molar-refractivity contribution in [2.45, 2.75) is 58.5 Å². The number of carbonyl (C=O) groups is 2. The molecule has 146 valence electrons. The van der Waals surface area contributed by atoms with Gasteiger partial charge in [-0.25, -0.2) is 4.98 Å². The summed E-state index contributed by atoms with van der Waals surface area (Å²) in [5, 5.41) is 2.83. The molecule has 0 aliphatic carbocycles. The van der Waals surface area contributed by atoms with E-state index >= 15 is 0 Å². The van der Waals surface area contributed by atoms with E-state index in [1.165, 1.54) is 6.92 Å². The molecule has 1 aliphatic rings. The fourth-order valence-corrected chi connectivity index (χ4v) is 3.53. The van der Waals surface area contributed by atoms with Gasteiger partial charge in [-0.1, -0.05) is 0 Å². The molecule has 0 unspecified atom stereocenters. The number of amides is 2. The third-order valence-corrected chi connectivity index (χ3v) is 5.15. The van der Waals surface area contributed by atoms with Crippen LogP contribution in [0.25, 0.3) is 0 Å². The third-order valence-electron chi connectivity index (χ3n) is 5.15. The van der Waals surface area contributed by atoms with Gasteiger partial charge in [0.05, 0.1) is 0 Å². The first-order valence-corrected chi connectivity index (χ1v) is 9.62. The Bertz CT molecular complexity index is 591. The summed E-state index contributed by atoms with van der Waals surface area (Å²) in [5.41, 5.74) is 0. The number of nitrogens with zero attached hydrogens (tertiary/aromatic N) is 4. The van der Waals surface area contributed by atoms with Crippen molar-refractivity contribution in [3.63, 3.8) is 0 Å². The molecule has 2 amide bonds. The predicted octanol–water partition coefficient (Wildman–Crippen LogP) is 1.46. The lowest BCUT2D eigenvalue weighted by atomic mass is 10.0. The minimum absolute atomic E-state index is 0.0110. The molecule has 1 aromatic rings. The number of aryl methyl sites for hydroxylation is 1. The number of hydrogen-bond donors (Lipinski definition) is 1. The quantitative estimate of drug-likeness (QED) is 0.759. The first-order valence-electron chi connectivity index (χ1n) is 9.62. The molecule has 7 nitrogen and oxygen atoms in total. The molecular weight excluding hydrogens is 330 g/mol. The van der Waals surface area contributed by atoms with Gasteiger partial charge < -0.3 is 19.7 Å². The lowest BCUT2D eigenvalue weighted by Crippen LogP contribution is -2.47. The van der Waals surface area contributed by atoms with Crippen molar-refractivity contribution >= 4 is 11.8 Å².